The van der Waals surface area contributed by atoms with Crippen LogP contribution < -0.4 is 5.32 Å². The molecule has 0 rings (SSSR count). The molecule has 0 saturated heterocycles. The number of halogens is 2. The lowest BCUT2D eigenvalue weighted by molar-refractivity contribution is -0.134. The molecule has 0 heterocycles. The third-order valence-corrected chi connectivity index (χ3v) is 3.29. The van der Waals surface area contributed by atoms with Crippen molar-refractivity contribution in [1.29, 1.82) is 0 Å². The first kappa shape index (κ1) is 17.6. The summed E-state index contributed by atoms with van der Waals surface area (Å²) in [5, 5.41) is 5.41. The van der Waals surface area contributed by atoms with Gasteiger partial charge in [0.15, 0.2) is 5.75 Å². The molecule has 0 bridgehead atoms. The number of rotatable bonds is 5. The summed E-state index contributed by atoms with van der Waals surface area (Å²) in [7, 11) is -5.20. The molecular formula is C9H15F2NO6S. The van der Waals surface area contributed by atoms with Crippen LogP contribution in [0.1, 0.15) is 20.8 Å². The maximum absolute atomic E-state index is 13.2. The zero-order valence-corrected chi connectivity index (χ0v) is 11.4. The summed E-state index contributed by atoms with van der Waals surface area (Å²) in [5.41, 5.74) is -0.931. The molecular weight excluding hydrogens is 288 g/mol. The zero-order chi connectivity index (χ0) is 15.5. The Kier molecular flexibility index (Phi) is 5.24. The number of sulfone groups is 1. The van der Waals surface area contributed by atoms with Crippen molar-refractivity contribution in [1.82, 2.24) is 5.32 Å². The van der Waals surface area contributed by atoms with Gasteiger partial charge in [0.05, 0.1) is 6.54 Å². The topological polar surface area (TPSA) is 110 Å². The maximum Gasteiger partial charge on any atom is 0.407 e. The number of carbonyl (C=O) groups excluding carboxylic acids is 1. The van der Waals surface area contributed by atoms with Crippen LogP contribution in [-0.4, -0.2) is 48.7 Å². The predicted molar refractivity (Wildman–Crippen MR) is 60.6 cm³/mol. The van der Waals surface area contributed by atoms with Crippen molar-refractivity contribution in [2.24, 2.45) is 0 Å². The van der Waals surface area contributed by atoms with E-state index in [1.54, 1.807) is 5.32 Å². The smallest absolute Gasteiger partial charge is 0.407 e. The second kappa shape index (κ2) is 5.68. The minimum Gasteiger partial charge on any atom is -0.480 e. The van der Waals surface area contributed by atoms with Crippen LogP contribution in [0.25, 0.3) is 0 Å². The Hall–Kier alpha value is -1.45. The Morgan fingerprint density at radius 3 is 2.11 bits per heavy atom. The summed E-state index contributed by atoms with van der Waals surface area (Å²) in [6, 6.07) is 0. The van der Waals surface area contributed by atoms with Crippen LogP contribution in [0.3, 0.4) is 0 Å². The average molecular weight is 303 g/mol. The van der Waals surface area contributed by atoms with Gasteiger partial charge in [-0.15, -0.1) is 0 Å². The number of hydrogen-bond donors (Lipinski definition) is 2. The van der Waals surface area contributed by atoms with Gasteiger partial charge in [-0.2, -0.15) is 8.78 Å². The molecule has 0 atom stereocenters. The van der Waals surface area contributed by atoms with E-state index in [0.29, 0.717) is 0 Å². The molecule has 0 spiro atoms. The van der Waals surface area contributed by atoms with Gasteiger partial charge in [-0.3, -0.25) is 4.79 Å². The molecule has 0 fully saturated rings. The van der Waals surface area contributed by atoms with Gasteiger partial charge in [-0.1, -0.05) is 0 Å². The molecule has 0 aromatic carbocycles. The third kappa shape index (κ3) is 6.32. The van der Waals surface area contributed by atoms with Crippen LogP contribution in [0.4, 0.5) is 13.6 Å². The summed E-state index contributed by atoms with van der Waals surface area (Å²) < 4.78 is 53.2. The van der Waals surface area contributed by atoms with Gasteiger partial charge >= 0.3 is 17.3 Å². The molecule has 10 heteroatoms. The monoisotopic (exact) mass is 303 g/mol. The van der Waals surface area contributed by atoms with E-state index in [-0.39, 0.29) is 0 Å². The molecule has 0 aromatic rings. The summed E-state index contributed by atoms with van der Waals surface area (Å²) in [6.45, 7) is 2.92. The third-order valence-electron chi connectivity index (χ3n) is 1.61. The average Bonchev–Trinajstić information content (AvgIpc) is 2.09. The van der Waals surface area contributed by atoms with Crippen molar-refractivity contribution in [3.05, 3.63) is 0 Å². The number of carboxylic acids is 1. The number of carboxylic acid groups (broad SMARTS) is 1. The van der Waals surface area contributed by atoms with E-state index in [1.807, 2.05) is 0 Å². The number of hydrogen-bond acceptors (Lipinski definition) is 5. The minimum absolute atomic E-state index is 0.931. The molecule has 112 valence electrons. The first-order valence-corrected chi connectivity index (χ1v) is 6.71. The zero-order valence-electron chi connectivity index (χ0n) is 10.6. The number of alkyl carbamates (subject to hydrolysis) is 1. The van der Waals surface area contributed by atoms with Crippen LogP contribution >= 0.6 is 0 Å². The molecule has 0 aromatic heterocycles. The highest BCUT2D eigenvalue weighted by atomic mass is 32.2. The fraction of sp³-hybridized carbons (Fsp3) is 0.778. The van der Waals surface area contributed by atoms with Gasteiger partial charge in [0.25, 0.3) is 0 Å². The number of amides is 1. The fourth-order valence-electron chi connectivity index (χ4n) is 0.867. The highest BCUT2D eigenvalue weighted by Gasteiger charge is 2.46. The Bertz CT molecular complexity index is 454. The molecule has 7 nitrogen and oxygen atoms in total. The van der Waals surface area contributed by atoms with E-state index in [9.17, 15) is 26.8 Å². The van der Waals surface area contributed by atoms with Crippen LogP contribution in [0, 0.1) is 0 Å². The van der Waals surface area contributed by atoms with E-state index >= 15 is 0 Å². The second-order valence-electron chi connectivity index (χ2n) is 4.65. The van der Waals surface area contributed by atoms with Gasteiger partial charge in [0.2, 0.25) is 9.84 Å². The molecule has 0 aliphatic carbocycles. The molecule has 0 radical (unpaired) electrons. The standard InChI is InChI=1S/C9H15F2NO6S/c1-8(2,3)18-7(15)12-5-9(10,11)19(16,17)4-6(13)14/h4-5H2,1-3H3,(H,12,15)(H,13,14). The van der Waals surface area contributed by atoms with Gasteiger partial charge in [-0.05, 0) is 20.8 Å². The summed E-state index contributed by atoms with van der Waals surface area (Å²) >= 11 is 0. The summed E-state index contributed by atoms with van der Waals surface area (Å²) in [6.07, 6.45) is -1.22. The Labute approximate surface area is 108 Å². The van der Waals surface area contributed by atoms with E-state index in [0.717, 1.165) is 0 Å². The van der Waals surface area contributed by atoms with Crippen molar-refractivity contribution in [3.8, 4) is 0 Å². The maximum atomic E-state index is 13.2. The number of nitrogens with one attached hydrogen (secondary N) is 1. The lowest BCUT2D eigenvalue weighted by atomic mass is 10.2. The number of carbonyl (C=O) groups is 2. The molecule has 2 N–H and O–H groups in total. The number of aliphatic carboxylic acids is 1. The van der Waals surface area contributed by atoms with Gasteiger partial charge in [-0.25, -0.2) is 13.2 Å². The molecule has 0 aliphatic heterocycles. The van der Waals surface area contributed by atoms with Gasteiger partial charge < -0.3 is 15.2 Å². The van der Waals surface area contributed by atoms with E-state index in [2.05, 4.69) is 4.74 Å². The minimum atomic E-state index is -5.20. The second-order valence-corrected chi connectivity index (χ2v) is 6.76. The van der Waals surface area contributed by atoms with Crippen LogP contribution in [0.2, 0.25) is 0 Å². The molecule has 19 heavy (non-hydrogen) atoms. The van der Waals surface area contributed by atoms with E-state index in [1.165, 1.54) is 20.8 Å². The fourth-order valence-corrected chi connectivity index (χ4v) is 1.70. The van der Waals surface area contributed by atoms with E-state index < -0.39 is 45.1 Å². The van der Waals surface area contributed by atoms with Gasteiger partial charge in [0, 0.05) is 0 Å². The SMILES string of the molecule is CC(C)(C)OC(=O)NCC(F)(F)S(=O)(=O)CC(=O)O. The largest absolute Gasteiger partial charge is 0.480 e. The molecule has 1 amide bonds. The number of ether oxygens (including phenoxy) is 1. The highest BCUT2D eigenvalue weighted by molar-refractivity contribution is 7.93. The predicted octanol–water partition coefficient (Wildman–Crippen LogP) is 0.603. The Morgan fingerprint density at radius 1 is 1.26 bits per heavy atom. The molecule has 0 aliphatic rings. The Morgan fingerprint density at radius 2 is 1.74 bits per heavy atom. The Balaban J connectivity index is 4.63. The van der Waals surface area contributed by atoms with Crippen molar-refractivity contribution in [2.75, 3.05) is 12.3 Å². The van der Waals surface area contributed by atoms with Crippen molar-refractivity contribution in [3.63, 3.8) is 0 Å². The van der Waals surface area contributed by atoms with Crippen LogP contribution in [-0.2, 0) is 19.4 Å². The molecule has 0 unspecified atom stereocenters. The van der Waals surface area contributed by atoms with Crippen molar-refractivity contribution < 1.29 is 36.6 Å². The molecule has 0 saturated carbocycles. The lowest BCUT2D eigenvalue weighted by Gasteiger charge is -2.21. The van der Waals surface area contributed by atoms with E-state index in [4.69, 9.17) is 5.11 Å². The number of alkyl halides is 2. The lowest BCUT2D eigenvalue weighted by Crippen LogP contribution is -2.45. The normalized spacial score (nSPS) is 12.9. The van der Waals surface area contributed by atoms with Crippen molar-refractivity contribution >= 4 is 21.9 Å². The van der Waals surface area contributed by atoms with Crippen LogP contribution in [0.15, 0.2) is 0 Å². The van der Waals surface area contributed by atoms with Crippen molar-refractivity contribution in [2.45, 2.75) is 31.6 Å². The first-order chi connectivity index (χ1) is 8.27. The quantitative estimate of drug-likeness (QED) is 0.769. The highest BCUT2D eigenvalue weighted by Crippen LogP contribution is 2.21. The summed E-state index contributed by atoms with van der Waals surface area (Å²) in [5.74, 6) is -3.63. The van der Waals surface area contributed by atoms with Gasteiger partial charge in [0.1, 0.15) is 5.60 Å². The first-order valence-electron chi connectivity index (χ1n) is 5.05. The van der Waals surface area contributed by atoms with Crippen LogP contribution in [0.5, 0.6) is 0 Å². The summed E-state index contributed by atoms with van der Waals surface area (Å²) in [4.78, 5) is 21.2.